The van der Waals surface area contributed by atoms with Gasteiger partial charge in [-0.05, 0) is 31.9 Å². The first-order valence-corrected chi connectivity index (χ1v) is 5.58. The highest BCUT2D eigenvalue weighted by Gasteiger charge is 2.50. The molecule has 0 radical (unpaired) electrons. The minimum Gasteiger partial charge on any atom is -0.496 e. The Kier molecular flexibility index (Phi) is 2.65. The Hall–Kier alpha value is -0.730. The van der Waals surface area contributed by atoms with Gasteiger partial charge >= 0.3 is 0 Å². The third-order valence-electron chi connectivity index (χ3n) is 3.35. The van der Waals surface area contributed by atoms with Crippen LogP contribution in [0.15, 0.2) is 18.2 Å². The fourth-order valence-corrected chi connectivity index (χ4v) is 2.58. The van der Waals surface area contributed by atoms with E-state index in [1.54, 1.807) is 7.11 Å². The molecule has 2 rings (SSSR count). The number of nitrogens with two attached hydrogens (primary N) is 1. The number of ether oxygens (including phenoxy) is 1. The molecule has 82 valence electrons. The van der Waals surface area contributed by atoms with E-state index >= 15 is 0 Å². The average molecular weight is 226 g/mol. The van der Waals surface area contributed by atoms with Crippen molar-refractivity contribution in [3.63, 3.8) is 0 Å². The highest BCUT2D eigenvalue weighted by molar-refractivity contribution is 6.31. The van der Waals surface area contributed by atoms with Crippen LogP contribution in [0.4, 0.5) is 0 Å². The molecule has 0 amide bonds. The molecule has 15 heavy (non-hydrogen) atoms. The number of hydrogen-bond donors (Lipinski definition) is 1. The molecule has 3 heteroatoms. The Morgan fingerprint density at radius 2 is 2.13 bits per heavy atom. The lowest BCUT2D eigenvalue weighted by Gasteiger charge is -2.23. The maximum atomic E-state index is 6.24. The van der Waals surface area contributed by atoms with E-state index in [0.29, 0.717) is 0 Å². The summed E-state index contributed by atoms with van der Waals surface area (Å²) >= 11 is 6.24. The van der Waals surface area contributed by atoms with Crippen LogP contribution in [0.1, 0.15) is 25.3 Å². The van der Waals surface area contributed by atoms with Gasteiger partial charge in [0, 0.05) is 22.0 Å². The molecule has 1 fully saturated rings. The van der Waals surface area contributed by atoms with Crippen LogP contribution in [0.3, 0.4) is 0 Å². The van der Waals surface area contributed by atoms with Crippen LogP contribution >= 0.6 is 11.6 Å². The minimum atomic E-state index is 0.0453. The largest absolute Gasteiger partial charge is 0.496 e. The van der Waals surface area contributed by atoms with Crippen molar-refractivity contribution < 1.29 is 4.74 Å². The molecule has 0 aliphatic heterocycles. The summed E-state index contributed by atoms with van der Waals surface area (Å²) in [6.45, 7) is 2.04. The predicted molar refractivity (Wildman–Crippen MR) is 62.6 cm³/mol. The Bertz CT molecular complexity index is 372. The van der Waals surface area contributed by atoms with E-state index in [9.17, 15) is 0 Å². The normalized spacial score (nSPS) is 19.7. The van der Waals surface area contributed by atoms with Crippen molar-refractivity contribution in [1.29, 1.82) is 0 Å². The zero-order valence-corrected chi connectivity index (χ0v) is 9.84. The van der Waals surface area contributed by atoms with Crippen molar-refractivity contribution in [2.45, 2.75) is 31.2 Å². The van der Waals surface area contributed by atoms with E-state index in [2.05, 4.69) is 0 Å². The zero-order valence-electron chi connectivity index (χ0n) is 9.09. The van der Waals surface area contributed by atoms with Crippen LogP contribution < -0.4 is 10.5 Å². The van der Waals surface area contributed by atoms with Crippen molar-refractivity contribution >= 4 is 11.6 Å². The van der Waals surface area contributed by atoms with Gasteiger partial charge in [0.05, 0.1) is 7.11 Å². The number of benzene rings is 1. The first kappa shape index (κ1) is 10.8. The first-order chi connectivity index (χ1) is 7.12. The second kappa shape index (κ2) is 3.69. The Morgan fingerprint density at radius 1 is 1.47 bits per heavy atom. The highest BCUT2D eigenvalue weighted by atomic mass is 35.5. The van der Waals surface area contributed by atoms with Gasteiger partial charge in [-0.2, -0.15) is 0 Å². The molecule has 1 aliphatic carbocycles. The smallest absolute Gasteiger partial charge is 0.124 e. The van der Waals surface area contributed by atoms with E-state index in [0.717, 1.165) is 29.2 Å². The minimum absolute atomic E-state index is 0.0453. The molecule has 1 unspecified atom stereocenters. The molecule has 0 heterocycles. The second-order valence-corrected chi connectivity index (χ2v) is 4.67. The fraction of sp³-hybridized carbons (Fsp3) is 0.500. The van der Waals surface area contributed by atoms with Crippen molar-refractivity contribution in [1.82, 2.24) is 0 Å². The van der Waals surface area contributed by atoms with Crippen molar-refractivity contribution in [3.8, 4) is 5.75 Å². The molecular formula is C12H16ClNO. The monoisotopic (exact) mass is 225 g/mol. The average Bonchev–Trinajstić information content (AvgIpc) is 2.98. The lowest BCUT2D eigenvalue weighted by molar-refractivity contribution is 0.398. The third-order valence-corrected chi connectivity index (χ3v) is 3.67. The standard InChI is InChI=1S/C12H16ClNO/c1-8(14)12(6-7-12)11-9(13)4-3-5-10(11)15-2/h3-5,8H,6-7,14H2,1-2H3. The Balaban J connectivity index is 2.51. The summed E-state index contributed by atoms with van der Waals surface area (Å²) in [7, 11) is 1.67. The van der Waals surface area contributed by atoms with Gasteiger partial charge in [-0.15, -0.1) is 0 Å². The summed E-state index contributed by atoms with van der Waals surface area (Å²) in [5.74, 6) is 0.859. The van der Waals surface area contributed by atoms with Gasteiger partial charge < -0.3 is 10.5 Å². The molecule has 2 N–H and O–H groups in total. The number of halogens is 1. The zero-order chi connectivity index (χ0) is 11.1. The maximum absolute atomic E-state index is 6.24. The summed E-state index contributed by atoms with van der Waals surface area (Å²) in [6.07, 6.45) is 2.20. The van der Waals surface area contributed by atoms with Gasteiger partial charge in [-0.3, -0.25) is 0 Å². The van der Waals surface area contributed by atoms with Crippen LogP contribution in [0.2, 0.25) is 5.02 Å². The summed E-state index contributed by atoms with van der Waals surface area (Å²) in [4.78, 5) is 0. The summed E-state index contributed by atoms with van der Waals surface area (Å²) in [5.41, 5.74) is 7.18. The van der Waals surface area contributed by atoms with Crippen molar-refractivity contribution in [2.24, 2.45) is 5.73 Å². The molecule has 0 saturated heterocycles. The molecule has 0 aromatic heterocycles. The molecule has 1 aromatic carbocycles. The van der Waals surface area contributed by atoms with Gasteiger partial charge in [0.25, 0.3) is 0 Å². The lowest BCUT2D eigenvalue weighted by atomic mass is 9.88. The van der Waals surface area contributed by atoms with Gasteiger partial charge in [-0.1, -0.05) is 17.7 Å². The molecule has 1 aromatic rings. The van der Waals surface area contributed by atoms with Crippen LogP contribution in [-0.4, -0.2) is 13.2 Å². The highest BCUT2D eigenvalue weighted by Crippen LogP contribution is 2.55. The van der Waals surface area contributed by atoms with Gasteiger partial charge in [0.2, 0.25) is 0 Å². The Morgan fingerprint density at radius 3 is 2.60 bits per heavy atom. The van der Waals surface area contributed by atoms with Crippen LogP contribution in [0.25, 0.3) is 0 Å². The number of methoxy groups -OCH3 is 1. The molecule has 0 spiro atoms. The van der Waals surface area contributed by atoms with E-state index in [1.165, 1.54) is 0 Å². The maximum Gasteiger partial charge on any atom is 0.124 e. The van der Waals surface area contributed by atoms with E-state index in [1.807, 2.05) is 25.1 Å². The van der Waals surface area contributed by atoms with Crippen molar-refractivity contribution in [2.75, 3.05) is 7.11 Å². The lowest BCUT2D eigenvalue weighted by Crippen LogP contribution is -2.32. The summed E-state index contributed by atoms with van der Waals surface area (Å²) < 4.78 is 5.36. The van der Waals surface area contributed by atoms with Crippen LogP contribution in [-0.2, 0) is 5.41 Å². The third kappa shape index (κ3) is 1.62. The first-order valence-electron chi connectivity index (χ1n) is 5.20. The number of hydrogen-bond acceptors (Lipinski definition) is 2. The molecule has 2 nitrogen and oxygen atoms in total. The second-order valence-electron chi connectivity index (χ2n) is 4.26. The molecule has 1 aliphatic rings. The SMILES string of the molecule is COc1cccc(Cl)c1C1(C(C)N)CC1. The van der Waals surface area contributed by atoms with Crippen molar-refractivity contribution in [3.05, 3.63) is 28.8 Å². The number of rotatable bonds is 3. The topological polar surface area (TPSA) is 35.2 Å². The fourth-order valence-electron chi connectivity index (χ4n) is 2.23. The van der Waals surface area contributed by atoms with E-state index in [4.69, 9.17) is 22.1 Å². The molecule has 1 atom stereocenters. The summed E-state index contributed by atoms with van der Waals surface area (Å²) in [5, 5.41) is 0.768. The van der Waals surface area contributed by atoms with Gasteiger partial charge in [0.15, 0.2) is 0 Å². The summed E-state index contributed by atoms with van der Waals surface area (Å²) in [6, 6.07) is 5.87. The van der Waals surface area contributed by atoms with E-state index < -0.39 is 0 Å². The predicted octanol–water partition coefficient (Wildman–Crippen LogP) is 2.73. The molecule has 1 saturated carbocycles. The van der Waals surface area contributed by atoms with E-state index in [-0.39, 0.29) is 11.5 Å². The molecule has 0 bridgehead atoms. The van der Waals surface area contributed by atoms with Gasteiger partial charge in [-0.25, -0.2) is 0 Å². The van der Waals surface area contributed by atoms with Crippen LogP contribution in [0.5, 0.6) is 5.75 Å². The molecular weight excluding hydrogens is 210 g/mol. The van der Waals surface area contributed by atoms with Gasteiger partial charge in [0.1, 0.15) is 5.75 Å². The Labute approximate surface area is 95.4 Å². The van der Waals surface area contributed by atoms with Crippen LogP contribution in [0, 0.1) is 0 Å². The quantitative estimate of drug-likeness (QED) is 0.859.